The van der Waals surface area contributed by atoms with Crippen molar-refractivity contribution >= 4 is 17.3 Å². The van der Waals surface area contributed by atoms with Crippen molar-refractivity contribution in [3.63, 3.8) is 0 Å². The molecule has 5 heteroatoms. The van der Waals surface area contributed by atoms with Crippen molar-refractivity contribution in [1.82, 2.24) is 0 Å². The molecule has 0 saturated heterocycles. The minimum absolute atomic E-state index is 0.0954. The Balaban J connectivity index is 2.45. The van der Waals surface area contributed by atoms with E-state index in [2.05, 4.69) is 45.9 Å². The zero-order valence-corrected chi connectivity index (χ0v) is 27.5. The molecule has 1 N–H and O–H groups in total. The van der Waals surface area contributed by atoms with Crippen LogP contribution in [0.15, 0.2) is 46.3 Å². The second-order valence-corrected chi connectivity index (χ2v) is 14.6. The Hall–Kier alpha value is -2.27. The highest BCUT2D eigenvalue weighted by Crippen LogP contribution is 2.69. The highest BCUT2D eigenvalue weighted by Gasteiger charge is 2.77. The maximum absolute atomic E-state index is 15.4. The van der Waals surface area contributed by atoms with Crippen molar-refractivity contribution in [2.45, 2.75) is 133 Å². The predicted octanol–water partition coefficient (Wildman–Crippen LogP) is 8.03. The molecule has 1 aliphatic heterocycles. The summed E-state index contributed by atoms with van der Waals surface area (Å²) < 4.78 is 6.48. The van der Waals surface area contributed by atoms with Crippen molar-refractivity contribution in [3.05, 3.63) is 46.3 Å². The van der Waals surface area contributed by atoms with Crippen LogP contribution in [-0.2, 0) is 19.1 Å². The molecule has 0 spiro atoms. The van der Waals surface area contributed by atoms with E-state index in [9.17, 15) is 9.90 Å². The van der Waals surface area contributed by atoms with Gasteiger partial charge in [-0.2, -0.15) is 0 Å². The molecule has 2 bridgehead atoms. The number of fused-ring (bicyclic) bond motifs is 3. The van der Waals surface area contributed by atoms with Gasteiger partial charge >= 0.3 is 0 Å². The number of carbonyl (C=O) groups is 3. The average molecular weight is 567 g/mol. The maximum atomic E-state index is 15.4. The summed E-state index contributed by atoms with van der Waals surface area (Å²) in [5.74, 6) is -1.01. The van der Waals surface area contributed by atoms with Gasteiger partial charge in [-0.25, -0.2) is 0 Å². The van der Waals surface area contributed by atoms with E-state index in [1.807, 2.05) is 34.6 Å². The Morgan fingerprint density at radius 1 is 1.05 bits per heavy atom. The second kappa shape index (κ2) is 11.8. The third-order valence-corrected chi connectivity index (χ3v) is 10.2. The first-order chi connectivity index (χ1) is 18.9. The molecule has 5 nitrogen and oxygen atoms in total. The molecule has 3 aliphatic rings. The summed E-state index contributed by atoms with van der Waals surface area (Å²) in [5, 5.41) is 11.0. The second-order valence-electron chi connectivity index (χ2n) is 14.6. The van der Waals surface area contributed by atoms with E-state index in [0.717, 1.165) is 5.57 Å². The SMILES string of the molecule is CCC(C)C(=O)[C@@]12C(=O)C3=C(O[C@H](C(C)(C)O)C3)[C@@](CC=C(C)C)(C[C@H](CC=C(C)C)[C@@]1(C)CCC=C(C)C)C2=O. The summed E-state index contributed by atoms with van der Waals surface area (Å²) in [6.07, 6.45) is 9.33. The lowest BCUT2D eigenvalue weighted by Gasteiger charge is -2.61. The van der Waals surface area contributed by atoms with E-state index in [-0.39, 0.29) is 29.7 Å². The zero-order valence-electron chi connectivity index (χ0n) is 27.5. The Morgan fingerprint density at radius 2 is 1.63 bits per heavy atom. The number of ether oxygens (including phenoxy) is 1. The third kappa shape index (κ3) is 5.48. The van der Waals surface area contributed by atoms with Gasteiger partial charge in [-0.15, -0.1) is 0 Å². The molecule has 228 valence electrons. The molecule has 1 saturated carbocycles. The lowest BCUT2D eigenvalue weighted by Crippen LogP contribution is -2.70. The average Bonchev–Trinajstić information content (AvgIpc) is 3.33. The van der Waals surface area contributed by atoms with E-state index in [0.29, 0.717) is 49.9 Å². The van der Waals surface area contributed by atoms with Crippen LogP contribution in [0.1, 0.15) is 121 Å². The molecule has 1 fully saturated rings. The van der Waals surface area contributed by atoms with Gasteiger partial charge in [0.05, 0.1) is 11.0 Å². The number of hydrogen-bond acceptors (Lipinski definition) is 5. The van der Waals surface area contributed by atoms with Crippen LogP contribution in [-0.4, -0.2) is 34.2 Å². The molecule has 2 aliphatic carbocycles. The van der Waals surface area contributed by atoms with Crippen molar-refractivity contribution in [2.24, 2.45) is 28.1 Å². The van der Waals surface area contributed by atoms with Crippen LogP contribution < -0.4 is 0 Å². The Labute approximate surface area is 248 Å². The first kappa shape index (κ1) is 33.2. The predicted molar refractivity (Wildman–Crippen MR) is 165 cm³/mol. The normalized spacial score (nSPS) is 31.7. The van der Waals surface area contributed by atoms with Gasteiger partial charge in [0.1, 0.15) is 11.9 Å². The van der Waals surface area contributed by atoms with Crippen molar-refractivity contribution in [3.8, 4) is 0 Å². The summed E-state index contributed by atoms with van der Waals surface area (Å²) in [5.41, 5.74) is -1.14. The number of ketones is 3. The van der Waals surface area contributed by atoms with E-state index in [1.165, 1.54) is 11.1 Å². The van der Waals surface area contributed by atoms with Crippen LogP contribution in [0, 0.1) is 28.1 Å². The summed E-state index contributed by atoms with van der Waals surface area (Å²) in [6.45, 7) is 21.5. The summed E-state index contributed by atoms with van der Waals surface area (Å²) >= 11 is 0. The monoisotopic (exact) mass is 566 g/mol. The standard InChI is InChI=1S/C36H54O5/c1-12-25(8)29(37)36-30(38)27-20-28(33(9,10)40)41-31(27)35(32(36)39,19-17-24(6)7)21-26(16-15-23(4)5)34(36,11)18-13-14-22(2)3/h14-15,17,25-26,28,40H,12-13,16,18-21H2,1-11H3/t25?,26-,28-,34+,35+,36-/m0/s1. The van der Waals surface area contributed by atoms with E-state index >= 15 is 9.59 Å². The Bertz CT molecular complexity index is 1190. The van der Waals surface area contributed by atoms with Crippen LogP contribution in [0.25, 0.3) is 0 Å². The van der Waals surface area contributed by atoms with E-state index in [4.69, 9.17) is 4.74 Å². The lowest BCUT2D eigenvalue weighted by molar-refractivity contribution is -0.181. The van der Waals surface area contributed by atoms with Gasteiger partial charge in [-0.1, -0.05) is 55.7 Å². The number of hydrogen-bond donors (Lipinski definition) is 1. The minimum Gasteiger partial charge on any atom is -0.490 e. The van der Waals surface area contributed by atoms with Crippen LogP contribution >= 0.6 is 0 Å². The van der Waals surface area contributed by atoms with Gasteiger partial charge in [0.2, 0.25) is 0 Å². The number of carbonyl (C=O) groups excluding carboxylic acids is 3. The highest BCUT2D eigenvalue weighted by molar-refractivity contribution is 6.33. The molecular weight excluding hydrogens is 512 g/mol. The molecular formula is C36H54O5. The molecule has 41 heavy (non-hydrogen) atoms. The van der Waals surface area contributed by atoms with Gasteiger partial charge in [-0.3, -0.25) is 14.4 Å². The van der Waals surface area contributed by atoms with Crippen LogP contribution in [0.5, 0.6) is 0 Å². The third-order valence-electron chi connectivity index (χ3n) is 10.2. The van der Waals surface area contributed by atoms with E-state index < -0.39 is 33.9 Å². The number of Topliss-reactive ketones (excluding diaryl/α,β-unsaturated/α-hetero) is 3. The molecule has 1 heterocycles. The van der Waals surface area contributed by atoms with Crippen molar-refractivity contribution < 1.29 is 24.2 Å². The highest BCUT2D eigenvalue weighted by atomic mass is 16.5. The topological polar surface area (TPSA) is 80.7 Å². The summed E-state index contributed by atoms with van der Waals surface area (Å²) in [7, 11) is 0. The van der Waals surface area contributed by atoms with Gasteiger partial charge in [0.25, 0.3) is 0 Å². The molecule has 0 aromatic heterocycles. The molecule has 1 unspecified atom stereocenters. The fourth-order valence-corrected chi connectivity index (χ4v) is 7.45. The van der Waals surface area contributed by atoms with E-state index in [1.54, 1.807) is 13.8 Å². The summed E-state index contributed by atoms with van der Waals surface area (Å²) in [6, 6.07) is 0. The van der Waals surface area contributed by atoms with Crippen LogP contribution in [0.3, 0.4) is 0 Å². The maximum Gasteiger partial charge on any atom is 0.184 e. The molecule has 0 radical (unpaired) electrons. The fraction of sp³-hybridized carbons (Fsp3) is 0.694. The number of allylic oxidation sites excluding steroid dienone is 7. The van der Waals surface area contributed by atoms with Gasteiger partial charge < -0.3 is 9.84 Å². The molecule has 0 aromatic rings. The number of rotatable bonds is 11. The lowest BCUT2D eigenvalue weighted by atomic mass is 9.38. The Morgan fingerprint density at radius 3 is 2.15 bits per heavy atom. The largest absolute Gasteiger partial charge is 0.490 e. The number of aliphatic hydroxyl groups is 1. The molecule has 0 aromatic carbocycles. The smallest absolute Gasteiger partial charge is 0.184 e. The van der Waals surface area contributed by atoms with Crippen molar-refractivity contribution in [2.75, 3.05) is 0 Å². The quantitative estimate of drug-likeness (QED) is 0.202. The zero-order chi connectivity index (χ0) is 31.1. The molecule has 6 atom stereocenters. The van der Waals surface area contributed by atoms with Crippen LogP contribution in [0.4, 0.5) is 0 Å². The van der Waals surface area contributed by atoms with Crippen molar-refractivity contribution in [1.29, 1.82) is 0 Å². The fourth-order valence-electron chi connectivity index (χ4n) is 7.45. The van der Waals surface area contributed by atoms with Gasteiger partial charge in [-0.05, 0) is 105 Å². The van der Waals surface area contributed by atoms with Gasteiger partial charge in [0.15, 0.2) is 22.8 Å². The van der Waals surface area contributed by atoms with Gasteiger partial charge in [0, 0.05) is 17.9 Å². The minimum atomic E-state index is -1.79. The Kier molecular flexibility index (Phi) is 9.55. The molecule has 3 rings (SSSR count). The van der Waals surface area contributed by atoms with Crippen LogP contribution in [0.2, 0.25) is 0 Å². The first-order valence-corrected chi connectivity index (χ1v) is 15.6. The first-order valence-electron chi connectivity index (χ1n) is 15.6. The molecule has 0 amide bonds. The summed E-state index contributed by atoms with van der Waals surface area (Å²) in [4.78, 5) is 45.2.